The van der Waals surface area contributed by atoms with Gasteiger partial charge in [0.05, 0.1) is 5.41 Å². The molecular formula is C42H27N7. The topological polar surface area (TPSA) is 101 Å². The highest BCUT2D eigenvalue weighted by atomic mass is 15.1. The predicted molar refractivity (Wildman–Crippen MR) is 194 cm³/mol. The van der Waals surface area contributed by atoms with E-state index >= 15 is 0 Å². The van der Waals surface area contributed by atoms with Gasteiger partial charge in [0, 0.05) is 24.2 Å². The molecule has 0 saturated heterocycles. The van der Waals surface area contributed by atoms with Crippen LogP contribution in [0.15, 0.2) is 151 Å². The van der Waals surface area contributed by atoms with Gasteiger partial charge in [-0.25, -0.2) is 29.9 Å². The minimum Gasteiger partial charge on any atom is -0.280 e. The van der Waals surface area contributed by atoms with E-state index in [1.165, 1.54) is 56.8 Å². The van der Waals surface area contributed by atoms with Crippen LogP contribution in [0.4, 0.5) is 0 Å². The van der Waals surface area contributed by atoms with Crippen molar-refractivity contribution in [3.63, 3.8) is 0 Å². The van der Waals surface area contributed by atoms with E-state index in [4.69, 9.17) is 15.4 Å². The van der Waals surface area contributed by atoms with Crippen molar-refractivity contribution in [2.24, 2.45) is 4.99 Å². The van der Waals surface area contributed by atoms with Gasteiger partial charge in [0.15, 0.2) is 17.5 Å². The lowest BCUT2D eigenvalue weighted by Gasteiger charge is -2.31. The summed E-state index contributed by atoms with van der Waals surface area (Å²) in [6.45, 7) is 3.68. The smallest absolute Gasteiger partial charge is 0.201 e. The number of nitrogens with zero attached hydrogens (tertiary/aromatic N) is 6. The van der Waals surface area contributed by atoms with E-state index in [0.717, 1.165) is 16.7 Å². The molecule has 2 aromatic heterocycles. The molecule has 0 fully saturated rings. The van der Waals surface area contributed by atoms with Crippen LogP contribution in [0.1, 0.15) is 28.1 Å². The zero-order chi connectivity index (χ0) is 33.0. The lowest BCUT2D eigenvalue weighted by atomic mass is 9.70. The summed E-state index contributed by atoms with van der Waals surface area (Å²) in [5, 5.41) is 8.61. The Morgan fingerprint density at radius 1 is 0.551 bits per heavy atom. The second-order valence-electron chi connectivity index (χ2n) is 12.0. The molecule has 1 unspecified atom stereocenters. The van der Waals surface area contributed by atoms with E-state index in [9.17, 15) is 0 Å². The summed E-state index contributed by atoms with van der Waals surface area (Å²) in [6.07, 6.45) is 6.24. The molecule has 0 aliphatic heterocycles. The van der Waals surface area contributed by atoms with Gasteiger partial charge < -0.3 is 0 Å². The van der Waals surface area contributed by atoms with Crippen LogP contribution in [-0.2, 0) is 5.41 Å². The normalized spacial score (nSPS) is 15.1. The summed E-state index contributed by atoms with van der Waals surface area (Å²) in [5.74, 6) is 1.02. The number of benzene rings is 5. The van der Waals surface area contributed by atoms with E-state index in [1.807, 2.05) is 12.1 Å². The zero-order valence-corrected chi connectivity index (χ0v) is 26.2. The number of fused-ring (bicyclic) bond motifs is 10. The van der Waals surface area contributed by atoms with Crippen LogP contribution < -0.4 is 0 Å². The Bertz CT molecular complexity index is 2480. The highest BCUT2D eigenvalue weighted by Crippen LogP contribution is 2.63. The van der Waals surface area contributed by atoms with Gasteiger partial charge in [0.1, 0.15) is 0 Å². The van der Waals surface area contributed by atoms with Gasteiger partial charge in [0.2, 0.25) is 11.6 Å². The van der Waals surface area contributed by atoms with Crippen LogP contribution in [0.25, 0.3) is 56.4 Å². The minimum absolute atomic E-state index is 0.113. The SMILES string of the molecule is C=CC=NC(=N)c1nc(-c2ccc3c(c2)C2(c4ccccc4-c4ccc(-c5ccccc5)cc42)c2ccccc2-3)nc(-c2ncccn2)n1. The number of amidine groups is 1. The van der Waals surface area contributed by atoms with Gasteiger partial charge in [-0.2, -0.15) is 0 Å². The maximum Gasteiger partial charge on any atom is 0.201 e. The molecule has 7 aromatic rings. The van der Waals surface area contributed by atoms with Crippen LogP contribution in [0, 0.1) is 5.41 Å². The third-order valence-corrected chi connectivity index (χ3v) is 9.38. The van der Waals surface area contributed by atoms with Crippen LogP contribution >= 0.6 is 0 Å². The Labute approximate surface area is 283 Å². The van der Waals surface area contributed by atoms with Crippen molar-refractivity contribution in [1.29, 1.82) is 5.41 Å². The molecule has 1 spiro atoms. The summed E-state index contributed by atoms with van der Waals surface area (Å²) in [4.78, 5) is 27.1. The summed E-state index contributed by atoms with van der Waals surface area (Å²) >= 11 is 0. The molecule has 7 heteroatoms. The molecule has 1 atom stereocenters. The first-order valence-electron chi connectivity index (χ1n) is 16.0. The highest BCUT2D eigenvalue weighted by molar-refractivity contribution is 6.00. The standard InChI is InChI=1S/C42H27N7/c1-2-21-44-37(43)39-47-38(48-41(49-39)40-45-22-10-23-46-40)28-18-20-32-30-14-7-9-16-34(30)42(36(32)25-28)33-15-8-6-13-29(33)31-19-17-27(24-35(31)42)26-11-4-3-5-12-26/h2-25,43H,1H2. The van der Waals surface area contributed by atoms with E-state index in [2.05, 4.69) is 130 Å². The largest absolute Gasteiger partial charge is 0.280 e. The lowest BCUT2D eigenvalue weighted by Crippen LogP contribution is -2.26. The molecule has 9 rings (SSSR count). The van der Waals surface area contributed by atoms with Crippen molar-refractivity contribution in [3.05, 3.63) is 174 Å². The first kappa shape index (κ1) is 28.5. The quantitative estimate of drug-likeness (QED) is 0.152. The molecule has 0 amide bonds. The zero-order valence-electron chi connectivity index (χ0n) is 26.2. The van der Waals surface area contributed by atoms with Crippen molar-refractivity contribution in [2.75, 3.05) is 0 Å². The van der Waals surface area contributed by atoms with Crippen molar-refractivity contribution in [1.82, 2.24) is 24.9 Å². The molecule has 2 aliphatic carbocycles. The number of nitrogens with one attached hydrogen (secondary N) is 1. The fraction of sp³-hybridized carbons (Fsp3) is 0.0238. The first-order chi connectivity index (χ1) is 24.2. The Hall–Kier alpha value is -6.73. The van der Waals surface area contributed by atoms with Crippen LogP contribution in [0.3, 0.4) is 0 Å². The number of aromatic nitrogens is 5. The monoisotopic (exact) mass is 629 g/mol. The molecule has 2 heterocycles. The van der Waals surface area contributed by atoms with Crippen LogP contribution in [0.5, 0.6) is 0 Å². The summed E-state index contributed by atoms with van der Waals surface area (Å²) in [7, 11) is 0. The lowest BCUT2D eigenvalue weighted by molar-refractivity contribution is 0.794. The second kappa shape index (κ2) is 11.2. The second-order valence-corrected chi connectivity index (χ2v) is 12.0. The molecule has 49 heavy (non-hydrogen) atoms. The fourth-order valence-corrected chi connectivity index (χ4v) is 7.40. The molecule has 0 saturated carbocycles. The predicted octanol–water partition coefficient (Wildman–Crippen LogP) is 8.59. The molecule has 7 nitrogen and oxygen atoms in total. The van der Waals surface area contributed by atoms with Crippen molar-refractivity contribution < 1.29 is 0 Å². The summed E-state index contributed by atoms with van der Waals surface area (Å²) in [6, 6.07) is 43.0. The van der Waals surface area contributed by atoms with E-state index in [-0.39, 0.29) is 17.5 Å². The number of allylic oxidation sites excluding steroid dienone is 1. The first-order valence-corrected chi connectivity index (χ1v) is 16.0. The number of hydrogen-bond acceptors (Lipinski definition) is 6. The average molecular weight is 630 g/mol. The van der Waals surface area contributed by atoms with E-state index in [0.29, 0.717) is 11.6 Å². The third kappa shape index (κ3) is 4.33. The Balaban J connectivity index is 1.31. The minimum atomic E-state index is -0.569. The third-order valence-electron chi connectivity index (χ3n) is 9.38. The van der Waals surface area contributed by atoms with Gasteiger partial charge in [-0.05, 0) is 73.8 Å². The molecular weight excluding hydrogens is 603 g/mol. The maximum atomic E-state index is 8.61. The van der Waals surface area contributed by atoms with E-state index < -0.39 is 5.41 Å². The van der Waals surface area contributed by atoms with Gasteiger partial charge >= 0.3 is 0 Å². The fourth-order valence-electron chi connectivity index (χ4n) is 7.40. The molecule has 0 bridgehead atoms. The van der Waals surface area contributed by atoms with Crippen LogP contribution in [-0.4, -0.2) is 37.0 Å². The van der Waals surface area contributed by atoms with E-state index in [1.54, 1.807) is 18.5 Å². The number of hydrogen-bond donors (Lipinski definition) is 1. The maximum absolute atomic E-state index is 8.61. The highest BCUT2D eigenvalue weighted by Gasteiger charge is 2.51. The number of aliphatic imine (C=N–C) groups is 1. The van der Waals surface area contributed by atoms with Gasteiger partial charge in [-0.15, -0.1) is 0 Å². The van der Waals surface area contributed by atoms with Gasteiger partial charge in [-0.1, -0.05) is 116 Å². The molecule has 0 radical (unpaired) electrons. The van der Waals surface area contributed by atoms with Gasteiger partial charge in [-0.3, -0.25) is 5.41 Å². The Morgan fingerprint density at radius 2 is 1.12 bits per heavy atom. The summed E-state index contributed by atoms with van der Waals surface area (Å²) < 4.78 is 0. The van der Waals surface area contributed by atoms with Crippen molar-refractivity contribution in [3.8, 4) is 56.4 Å². The van der Waals surface area contributed by atoms with Crippen molar-refractivity contribution >= 4 is 12.1 Å². The molecule has 230 valence electrons. The molecule has 1 N–H and O–H groups in total. The Morgan fingerprint density at radius 3 is 1.80 bits per heavy atom. The number of rotatable bonds is 5. The van der Waals surface area contributed by atoms with Crippen LogP contribution in [0.2, 0.25) is 0 Å². The summed E-state index contributed by atoms with van der Waals surface area (Å²) in [5.41, 5.74) is 12.3. The average Bonchev–Trinajstić information content (AvgIpc) is 3.64. The molecule has 2 aliphatic rings. The van der Waals surface area contributed by atoms with Gasteiger partial charge in [0.25, 0.3) is 0 Å². The Kier molecular flexibility index (Phi) is 6.52. The molecule has 5 aromatic carbocycles. The van der Waals surface area contributed by atoms with Crippen molar-refractivity contribution in [2.45, 2.75) is 5.41 Å².